The predicted molar refractivity (Wildman–Crippen MR) is 95.0 cm³/mol. The molecule has 0 bridgehead atoms. The minimum atomic E-state index is -0.730. The van der Waals surface area contributed by atoms with Crippen molar-refractivity contribution < 1.29 is 4.79 Å². The van der Waals surface area contributed by atoms with Crippen molar-refractivity contribution in [3.63, 3.8) is 0 Å². The summed E-state index contributed by atoms with van der Waals surface area (Å²) in [6.07, 6.45) is 2.68. The number of benzene rings is 1. The lowest BCUT2D eigenvalue weighted by molar-refractivity contribution is -0.136. The summed E-state index contributed by atoms with van der Waals surface area (Å²) in [5.74, 6) is 0.105. The fourth-order valence-corrected chi connectivity index (χ4v) is 3.35. The highest BCUT2D eigenvalue weighted by Crippen LogP contribution is 2.18. The average Bonchev–Trinajstić information content (AvgIpc) is 2.70. The van der Waals surface area contributed by atoms with Gasteiger partial charge in [-0.2, -0.15) is 0 Å². The molecule has 1 heterocycles. The Bertz CT molecular complexity index is 501. The van der Waals surface area contributed by atoms with E-state index in [0.29, 0.717) is 6.04 Å². The van der Waals surface area contributed by atoms with E-state index in [2.05, 4.69) is 43.0 Å². The SMILES string of the molecule is CCCC(C)(N)C(=O)N1CCC(C)N(Cc2ccccc2)CC1. The van der Waals surface area contributed by atoms with Crippen LogP contribution in [0, 0.1) is 0 Å². The molecule has 2 rings (SSSR count). The monoisotopic (exact) mass is 317 g/mol. The number of hydrogen-bond donors (Lipinski definition) is 1. The Morgan fingerprint density at radius 2 is 1.96 bits per heavy atom. The van der Waals surface area contributed by atoms with Crippen molar-refractivity contribution >= 4 is 5.91 Å². The van der Waals surface area contributed by atoms with Crippen LogP contribution in [0.5, 0.6) is 0 Å². The second kappa shape index (κ2) is 7.93. The zero-order valence-corrected chi connectivity index (χ0v) is 14.8. The van der Waals surface area contributed by atoms with E-state index in [9.17, 15) is 4.79 Å². The number of hydrogen-bond acceptors (Lipinski definition) is 3. The van der Waals surface area contributed by atoms with Gasteiger partial charge in [-0.25, -0.2) is 0 Å². The first-order valence-electron chi connectivity index (χ1n) is 8.80. The van der Waals surface area contributed by atoms with Crippen LogP contribution in [0.15, 0.2) is 30.3 Å². The zero-order valence-electron chi connectivity index (χ0n) is 14.8. The molecule has 2 N–H and O–H groups in total. The van der Waals surface area contributed by atoms with E-state index < -0.39 is 5.54 Å². The Morgan fingerprint density at radius 1 is 1.26 bits per heavy atom. The quantitative estimate of drug-likeness (QED) is 0.908. The normalized spacial score (nSPS) is 22.4. The largest absolute Gasteiger partial charge is 0.340 e. The zero-order chi connectivity index (χ0) is 16.9. The van der Waals surface area contributed by atoms with Crippen LogP contribution in [0.25, 0.3) is 0 Å². The molecule has 1 amide bonds. The fraction of sp³-hybridized carbons (Fsp3) is 0.632. The van der Waals surface area contributed by atoms with Crippen LogP contribution < -0.4 is 5.73 Å². The smallest absolute Gasteiger partial charge is 0.242 e. The maximum absolute atomic E-state index is 12.7. The molecule has 128 valence electrons. The van der Waals surface area contributed by atoms with Gasteiger partial charge in [-0.15, -0.1) is 0 Å². The van der Waals surface area contributed by atoms with Gasteiger partial charge < -0.3 is 10.6 Å². The van der Waals surface area contributed by atoms with Crippen molar-refractivity contribution in [3.05, 3.63) is 35.9 Å². The fourth-order valence-electron chi connectivity index (χ4n) is 3.35. The number of carbonyl (C=O) groups is 1. The van der Waals surface area contributed by atoms with Crippen molar-refractivity contribution in [2.24, 2.45) is 5.73 Å². The van der Waals surface area contributed by atoms with Crippen LogP contribution in [0.3, 0.4) is 0 Å². The van der Waals surface area contributed by atoms with E-state index in [0.717, 1.165) is 45.4 Å². The van der Waals surface area contributed by atoms with E-state index in [1.165, 1.54) is 5.56 Å². The van der Waals surface area contributed by atoms with Gasteiger partial charge in [0.1, 0.15) is 0 Å². The number of rotatable bonds is 5. The molecule has 1 saturated heterocycles. The van der Waals surface area contributed by atoms with Gasteiger partial charge in [0, 0.05) is 32.2 Å². The van der Waals surface area contributed by atoms with E-state index >= 15 is 0 Å². The molecule has 23 heavy (non-hydrogen) atoms. The van der Waals surface area contributed by atoms with E-state index in [-0.39, 0.29) is 5.91 Å². The highest BCUT2D eigenvalue weighted by molar-refractivity contribution is 5.85. The van der Waals surface area contributed by atoms with Crippen molar-refractivity contribution in [2.45, 2.75) is 58.2 Å². The molecule has 0 radical (unpaired) electrons. The van der Waals surface area contributed by atoms with Crippen molar-refractivity contribution in [2.75, 3.05) is 19.6 Å². The van der Waals surface area contributed by atoms with Gasteiger partial charge in [0.25, 0.3) is 0 Å². The molecule has 1 aromatic carbocycles. The van der Waals surface area contributed by atoms with E-state index in [4.69, 9.17) is 5.73 Å². The third-order valence-corrected chi connectivity index (χ3v) is 4.87. The molecule has 2 atom stereocenters. The maximum Gasteiger partial charge on any atom is 0.242 e. The van der Waals surface area contributed by atoms with Crippen LogP contribution in [-0.4, -0.2) is 46.9 Å². The van der Waals surface area contributed by atoms with Gasteiger partial charge in [0.05, 0.1) is 5.54 Å². The molecule has 0 spiro atoms. The van der Waals surface area contributed by atoms with Gasteiger partial charge in [0.15, 0.2) is 0 Å². The number of nitrogens with two attached hydrogens (primary N) is 1. The summed E-state index contributed by atoms with van der Waals surface area (Å²) >= 11 is 0. The Morgan fingerprint density at radius 3 is 2.61 bits per heavy atom. The molecule has 1 aromatic rings. The van der Waals surface area contributed by atoms with Crippen LogP contribution in [0.1, 0.15) is 45.6 Å². The topological polar surface area (TPSA) is 49.6 Å². The summed E-state index contributed by atoms with van der Waals surface area (Å²) in [5, 5.41) is 0. The van der Waals surface area contributed by atoms with Gasteiger partial charge in [-0.1, -0.05) is 43.7 Å². The highest BCUT2D eigenvalue weighted by atomic mass is 16.2. The van der Waals surface area contributed by atoms with Crippen molar-refractivity contribution in [1.29, 1.82) is 0 Å². The first-order valence-corrected chi connectivity index (χ1v) is 8.80. The minimum Gasteiger partial charge on any atom is -0.340 e. The van der Waals surface area contributed by atoms with Crippen LogP contribution in [0.2, 0.25) is 0 Å². The average molecular weight is 317 g/mol. The van der Waals surface area contributed by atoms with Crippen LogP contribution >= 0.6 is 0 Å². The van der Waals surface area contributed by atoms with Gasteiger partial charge in [-0.3, -0.25) is 9.69 Å². The molecule has 2 unspecified atom stereocenters. The molecular weight excluding hydrogens is 286 g/mol. The Labute approximate surface area is 140 Å². The van der Waals surface area contributed by atoms with Crippen LogP contribution in [-0.2, 0) is 11.3 Å². The molecule has 0 saturated carbocycles. The maximum atomic E-state index is 12.7. The minimum absolute atomic E-state index is 0.105. The lowest BCUT2D eigenvalue weighted by Crippen LogP contribution is -2.53. The lowest BCUT2D eigenvalue weighted by Gasteiger charge is -2.31. The Balaban J connectivity index is 1.99. The molecule has 4 heteroatoms. The summed E-state index contributed by atoms with van der Waals surface area (Å²) in [7, 11) is 0. The number of carbonyl (C=O) groups excluding carboxylic acids is 1. The van der Waals surface area contributed by atoms with Gasteiger partial charge in [0.2, 0.25) is 5.91 Å². The first kappa shape index (κ1) is 18.0. The molecule has 4 nitrogen and oxygen atoms in total. The molecule has 0 aliphatic carbocycles. The summed E-state index contributed by atoms with van der Waals surface area (Å²) in [6.45, 7) is 9.63. The first-order chi connectivity index (χ1) is 10.9. The Kier molecular flexibility index (Phi) is 6.19. The summed E-state index contributed by atoms with van der Waals surface area (Å²) in [4.78, 5) is 17.2. The standard InChI is InChI=1S/C19H31N3O/c1-4-11-19(3,20)18(23)21-12-10-16(2)22(14-13-21)15-17-8-6-5-7-9-17/h5-9,16H,4,10-15,20H2,1-3H3. The number of nitrogens with zero attached hydrogens (tertiary/aromatic N) is 2. The molecule has 0 aromatic heterocycles. The molecule has 1 aliphatic rings. The lowest BCUT2D eigenvalue weighted by atomic mass is 9.95. The molecule has 1 aliphatic heterocycles. The number of amides is 1. The second-order valence-corrected chi connectivity index (χ2v) is 7.05. The van der Waals surface area contributed by atoms with Gasteiger partial charge >= 0.3 is 0 Å². The molecule has 1 fully saturated rings. The highest BCUT2D eigenvalue weighted by Gasteiger charge is 2.33. The van der Waals surface area contributed by atoms with E-state index in [1.807, 2.05) is 17.9 Å². The molecular formula is C19H31N3O. The third-order valence-electron chi connectivity index (χ3n) is 4.87. The van der Waals surface area contributed by atoms with E-state index in [1.54, 1.807) is 0 Å². The summed E-state index contributed by atoms with van der Waals surface area (Å²) in [6, 6.07) is 11.0. The van der Waals surface area contributed by atoms with Crippen molar-refractivity contribution in [3.8, 4) is 0 Å². The third kappa shape index (κ3) is 4.79. The van der Waals surface area contributed by atoms with Gasteiger partial charge in [-0.05, 0) is 32.3 Å². The Hall–Kier alpha value is -1.39. The van der Waals surface area contributed by atoms with Crippen molar-refractivity contribution in [1.82, 2.24) is 9.80 Å². The second-order valence-electron chi connectivity index (χ2n) is 7.05. The summed E-state index contributed by atoms with van der Waals surface area (Å²) < 4.78 is 0. The summed E-state index contributed by atoms with van der Waals surface area (Å²) in [5.41, 5.74) is 6.84. The van der Waals surface area contributed by atoms with Crippen LogP contribution in [0.4, 0.5) is 0 Å². The predicted octanol–water partition coefficient (Wildman–Crippen LogP) is 2.63.